The number of aromatic nitrogens is 2. The van der Waals surface area contributed by atoms with Gasteiger partial charge >= 0.3 is 0 Å². The summed E-state index contributed by atoms with van der Waals surface area (Å²) >= 11 is 0. The molecule has 11 aromatic rings. The van der Waals surface area contributed by atoms with Crippen molar-refractivity contribution in [1.82, 2.24) is 9.13 Å². The highest BCUT2D eigenvalue weighted by Gasteiger charge is 2.21. The SMILES string of the molecule is Cc1c2oc3ccccc3c2cc2c1c1cc(-c3ccc4c(c3)c3ccccc3n4-c3ccccc3)ccc1n2-c1ccc(-c2ccccc2)cc1. The first-order valence-corrected chi connectivity index (χ1v) is 17.9. The summed E-state index contributed by atoms with van der Waals surface area (Å²) in [4.78, 5) is 0. The highest BCUT2D eigenvalue weighted by molar-refractivity contribution is 6.20. The maximum absolute atomic E-state index is 6.55. The molecule has 0 bridgehead atoms. The van der Waals surface area contributed by atoms with Crippen LogP contribution in [0.25, 0.3) is 99.2 Å². The van der Waals surface area contributed by atoms with Crippen LogP contribution in [-0.4, -0.2) is 9.13 Å². The van der Waals surface area contributed by atoms with Gasteiger partial charge in [-0.15, -0.1) is 0 Å². The Labute approximate surface area is 300 Å². The lowest BCUT2D eigenvalue weighted by atomic mass is 9.99. The van der Waals surface area contributed by atoms with Gasteiger partial charge in [-0.3, -0.25) is 0 Å². The van der Waals surface area contributed by atoms with E-state index in [0.29, 0.717) is 0 Å². The summed E-state index contributed by atoms with van der Waals surface area (Å²) in [7, 11) is 0. The van der Waals surface area contributed by atoms with Gasteiger partial charge in [-0.1, -0.05) is 109 Å². The summed E-state index contributed by atoms with van der Waals surface area (Å²) in [5, 5.41) is 7.22. The number of nitrogens with zero attached hydrogens (tertiary/aromatic N) is 2. The van der Waals surface area contributed by atoms with Crippen molar-refractivity contribution in [2.75, 3.05) is 0 Å². The van der Waals surface area contributed by atoms with Gasteiger partial charge in [-0.2, -0.15) is 0 Å². The van der Waals surface area contributed by atoms with Gasteiger partial charge in [0.15, 0.2) is 0 Å². The summed E-state index contributed by atoms with van der Waals surface area (Å²) in [6.07, 6.45) is 0. The van der Waals surface area contributed by atoms with Gasteiger partial charge in [-0.25, -0.2) is 0 Å². The zero-order valence-corrected chi connectivity index (χ0v) is 28.5. The molecular formula is C49H32N2O. The monoisotopic (exact) mass is 664 g/mol. The molecule has 0 amide bonds. The first-order chi connectivity index (χ1) is 25.7. The van der Waals surface area contributed by atoms with E-state index in [4.69, 9.17) is 4.42 Å². The Morgan fingerprint density at radius 3 is 1.67 bits per heavy atom. The molecule has 0 fully saturated rings. The number of aryl methyl sites for hydroxylation is 1. The van der Waals surface area contributed by atoms with Crippen molar-refractivity contribution in [3.05, 3.63) is 181 Å². The van der Waals surface area contributed by atoms with E-state index in [-0.39, 0.29) is 0 Å². The van der Waals surface area contributed by atoms with Crippen molar-refractivity contribution < 1.29 is 4.42 Å². The molecule has 0 unspecified atom stereocenters. The van der Waals surface area contributed by atoms with Crippen LogP contribution >= 0.6 is 0 Å². The highest BCUT2D eigenvalue weighted by Crippen LogP contribution is 2.43. The minimum Gasteiger partial charge on any atom is -0.456 e. The Morgan fingerprint density at radius 2 is 0.904 bits per heavy atom. The van der Waals surface area contributed by atoms with Gasteiger partial charge in [-0.05, 0) is 95.9 Å². The molecule has 0 saturated carbocycles. The van der Waals surface area contributed by atoms with Crippen molar-refractivity contribution in [3.63, 3.8) is 0 Å². The minimum absolute atomic E-state index is 0.917. The summed E-state index contributed by atoms with van der Waals surface area (Å²) < 4.78 is 11.3. The van der Waals surface area contributed by atoms with Gasteiger partial charge in [0.25, 0.3) is 0 Å². The standard InChI is InChI=1S/C49H32N2O/c1-31-48-42-29-35(34-22-26-44-40(28-34)38-16-8-10-18-43(38)50(44)36-14-6-3-7-15-36)23-27-45(42)51(37-24-20-33(21-25-37)32-12-4-2-5-13-32)46(48)30-41-39-17-9-11-19-47(39)52-49(31)41/h2-30H,1H3. The average Bonchev–Trinajstić information content (AvgIpc) is 3.86. The van der Waals surface area contributed by atoms with Gasteiger partial charge in [0.05, 0.1) is 22.1 Å². The number of hydrogen-bond acceptors (Lipinski definition) is 1. The Balaban J connectivity index is 1.16. The van der Waals surface area contributed by atoms with Gasteiger partial charge < -0.3 is 13.6 Å². The highest BCUT2D eigenvalue weighted by atomic mass is 16.3. The quantitative estimate of drug-likeness (QED) is 0.184. The molecule has 8 aromatic carbocycles. The largest absolute Gasteiger partial charge is 0.456 e. The van der Waals surface area contributed by atoms with E-state index >= 15 is 0 Å². The zero-order valence-electron chi connectivity index (χ0n) is 28.5. The van der Waals surface area contributed by atoms with Crippen molar-refractivity contribution in [1.29, 1.82) is 0 Å². The third kappa shape index (κ3) is 4.20. The third-order valence-corrected chi connectivity index (χ3v) is 10.9. The lowest BCUT2D eigenvalue weighted by molar-refractivity contribution is 0.666. The first-order valence-electron chi connectivity index (χ1n) is 17.9. The van der Waals surface area contributed by atoms with Gasteiger partial charge in [0.1, 0.15) is 11.2 Å². The molecule has 3 aromatic heterocycles. The van der Waals surface area contributed by atoms with Crippen LogP contribution in [-0.2, 0) is 0 Å². The third-order valence-electron chi connectivity index (χ3n) is 10.9. The fourth-order valence-electron chi connectivity index (χ4n) is 8.48. The molecule has 0 aliphatic heterocycles. The molecule has 0 spiro atoms. The van der Waals surface area contributed by atoms with Crippen LogP contribution in [0.4, 0.5) is 0 Å². The van der Waals surface area contributed by atoms with Crippen LogP contribution in [0, 0.1) is 6.92 Å². The molecule has 52 heavy (non-hydrogen) atoms. The van der Waals surface area contributed by atoms with Crippen LogP contribution in [0.5, 0.6) is 0 Å². The van der Waals surface area contributed by atoms with Crippen LogP contribution in [0.1, 0.15) is 5.56 Å². The number of benzene rings is 8. The Bertz CT molecular complexity index is 3160. The second kappa shape index (κ2) is 11.1. The lowest BCUT2D eigenvalue weighted by Gasteiger charge is -2.10. The van der Waals surface area contributed by atoms with E-state index in [0.717, 1.165) is 33.2 Å². The maximum atomic E-state index is 6.55. The van der Waals surface area contributed by atoms with Crippen molar-refractivity contribution in [3.8, 4) is 33.6 Å². The summed E-state index contributed by atoms with van der Waals surface area (Å²) in [5.74, 6) is 0. The normalized spacial score (nSPS) is 11.9. The Kier molecular flexibility index (Phi) is 6.17. The van der Waals surface area contributed by atoms with E-state index in [1.54, 1.807) is 0 Å². The molecular weight excluding hydrogens is 633 g/mol. The zero-order chi connectivity index (χ0) is 34.3. The van der Waals surface area contributed by atoms with Crippen LogP contribution < -0.4 is 0 Å². The molecule has 3 nitrogen and oxygen atoms in total. The molecule has 11 rings (SSSR count). The van der Waals surface area contributed by atoms with Crippen molar-refractivity contribution in [2.45, 2.75) is 6.92 Å². The summed E-state index contributed by atoms with van der Waals surface area (Å²) in [6.45, 7) is 2.21. The number of para-hydroxylation sites is 3. The number of fused-ring (bicyclic) bond motifs is 9. The lowest BCUT2D eigenvalue weighted by Crippen LogP contribution is -1.94. The predicted octanol–water partition coefficient (Wildman–Crippen LogP) is 13.4. The van der Waals surface area contributed by atoms with E-state index in [1.807, 2.05) is 6.07 Å². The summed E-state index contributed by atoms with van der Waals surface area (Å²) in [6, 6.07) is 63.5. The topological polar surface area (TPSA) is 23.0 Å². The Hall–Kier alpha value is -6.84. The number of rotatable bonds is 4. The fraction of sp³-hybridized carbons (Fsp3) is 0.0204. The molecule has 3 heteroatoms. The van der Waals surface area contributed by atoms with E-state index in [1.165, 1.54) is 71.6 Å². The minimum atomic E-state index is 0.917. The first kappa shape index (κ1) is 28.9. The van der Waals surface area contributed by atoms with Gasteiger partial charge in [0.2, 0.25) is 0 Å². The number of hydrogen-bond donors (Lipinski definition) is 0. The maximum Gasteiger partial charge on any atom is 0.139 e. The van der Waals surface area contributed by atoms with Crippen molar-refractivity contribution >= 4 is 65.6 Å². The number of furan rings is 1. The van der Waals surface area contributed by atoms with Gasteiger partial charge in [0, 0.05) is 49.3 Å². The van der Waals surface area contributed by atoms with Crippen LogP contribution in [0.3, 0.4) is 0 Å². The molecule has 3 heterocycles. The molecule has 0 aliphatic rings. The Morgan fingerprint density at radius 1 is 0.365 bits per heavy atom. The molecule has 0 atom stereocenters. The summed E-state index contributed by atoms with van der Waals surface area (Å²) in [5.41, 5.74) is 14.9. The molecule has 0 N–H and O–H groups in total. The van der Waals surface area contributed by atoms with Crippen LogP contribution in [0.15, 0.2) is 180 Å². The van der Waals surface area contributed by atoms with E-state index < -0.39 is 0 Å². The molecule has 244 valence electrons. The fourth-order valence-corrected chi connectivity index (χ4v) is 8.48. The van der Waals surface area contributed by atoms with E-state index in [2.05, 4.69) is 186 Å². The van der Waals surface area contributed by atoms with Crippen molar-refractivity contribution in [2.24, 2.45) is 0 Å². The predicted molar refractivity (Wildman–Crippen MR) is 218 cm³/mol. The average molecular weight is 665 g/mol. The molecule has 0 radical (unpaired) electrons. The van der Waals surface area contributed by atoms with Crippen LogP contribution in [0.2, 0.25) is 0 Å². The smallest absolute Gasteiger partial charge is 0.139 e. The second-order valence-electron chi connectivity index (χ2n) is 13.8. The van der Waals surface area contributed by atoms with E-state index in [9.17, 15) is 0 Å². The molecule has 0 saturated heterocycles. The second-order valence-corrected chi connectivity index (χ2v) is 13.8. The molecule has 0 aliphatic carbocycles.